The van der Waals surface area contributed by atoms with E-state index >= 15 is 0 Å². The van der Waals surface area contributed by atoms with Crippen molar-refractivity contribution in [2.24, 2.45) is 5.10 Å². The first kappa shape index (κ1) is 18.2. The molecular formula is C18H18BrN3OS. The van der Waals surface area contributed by atoms with Gasteiger partial charge >= 0.3 is 0 Å². The number of halogens is 1. The van der Waals surface area contributed by atoms with E-state index in [4.69, 9.17) is 17.0 Å². The van der Waals surface area contributed by atoms with E-state index in [1.165, 1.54) is 0 Å². The Kier molecular flexibility index (Phi) is 7.45. The van der Waals surface area contributed by atoms with Crippen LogP contribution in [-0.4, -0.2) is 17.9 Å². The van der Waals surface area contributed by atoms with E-state index in [1.54, 1.807) is 12.3 Å². The first-order chi connectivity index (χ1) is 11.7. The first-order valence-corrected chi connectivity index (χ1v) is 8.53. The summed E-state index contributed by atoms with van der Waals surface area (Å²) in [4.78, 5) is 0. The van der Waals surface area contributed by atoms with E-state index in [0.29, 0.717) is 18.3 Å². The SMILES string of the molecule is C=CCNC(=S)N/N=C\c1cc(Br)ccc1OCc1ccccc1. The van der Waals surface area contributed by atoms with Gasteiger partial charge in [0.2, 0.25) is 0 Å². The summed E-state index contributed by atoms with van der Waals surface area (Å²) in [6, 6.07) is 15.8. The van der Waals surface area contributed by atoms with Gasteiger partial charge in [-0.2, -0.15) is 5.10 Å². The molecule has 0 saturated heterocycles. The minimum Gasteiger partial charge on any atom is -0.488 e. The zero-order valence-corrected chi connectivity index (χ0v) is 15.4. The van der Waals surface area contributed by atoms with E-state index in [0.717, 1.165) is 21.3 Å². The van der Waals surface area contributed by atoms with E-state index in [-0.39, 0.29) is 0 Å². The lowest BCUT2D eigenvalue weighted by atomic mass is 10.2. The lowest BCUT2D eigenvalue weighted by Crippen LogP contribution is -2.31. The molecule has 24 heavy (non-hydrogen) atoms. The normalized spacial score (nSPS) is 10.4. The zero-order chi connectivity index (χ0) is 17.2. The van der Waals surface area contributed by atoms with Gasteiger partial charge in [0, 0.05) is 16.6 Å². The van der Waals surface area contributed by atoms with Crippen molar-refractivity contribution < 1.29 is 4.74 Å². The number of thiocarbonyl (C=S) groups is 1. The molecule has 4 nitrogen and oxygen atoms in total. The fourth-order valence-corrected chi connectivity index (χ4v) is 2.37. The predicted molar refractivity (Wildman–Crippen MR) is 106 cm³/mol. The lowest BCUT2D eigenvalue weighted by molar-refractivity contribution is 0.306. The van der Waals surface area contributed by atoms with Crippen LogP contribution in [0, 0.1) is 0 Å². The van der Waals surface area contributed by atoms with Crippen LogP contribution in [0.3, 0.4) is 0 Å². The molecule has 0 aliphatic heterocycles. The average molecular weight is 404 g/mol. The van der Waals surface area contributed by atoms with Crippen molar-refractivity contribution >= 4 is 39.5 Å². The van der Waals surface area contributed by atoms with Gasteiger partial charge in [-0.15, -0.1) is 6.58 Å². The van der Waals surface area contributed by atoms with E-state index in [1.807, 2.05) is 48.5 Å². The Morgan fingerprint density at radius 1 is 1.25 bits per heavy atom. The maximum atomic E-state index is 5.90. The van der Waals surface area contributed by atoms with Crippen LogP contribution < -0.4 is 15.5 Å². The monoisotopic (exact) mass is 403 g/mol. The second-order valence-corrected chi connectivity index (χ2v) is 6.15. The van der Waals surface area contributed by atoms with Crippen molar-refractivity contribution in [2.45, 2.75) is 6.61 Å². The molecule has 2 aromatic carbocycles. The summed E-state index contributed by atoms with van der Waals surface area (Å²) in [6.07, 6.45) is 3.40. The van der Waals surface area contributed by atoms with Crippen LogP contribution in [0.4, 0.5) is 0 Å². The van der Waals surface area contributed by atoms with Crippen LogP contribution in [0.25, 0.3) is 0 Å². The molecule has 0 unspecified atom stereocenters. The van der Waals surface area contributed by atoms with Crippen molar-refractivity contribution in [3.05, 3.63) is 76.8 Å². The third kappa shape index (κ3) is 6.14. The molecule has 6 heteroatoms. The number of hydrazone groups is 1. The van der Waals surface area contributed by atoms with Gasteiger partial charge in [-0.25, -0.2) is 0 Å². The number of ether oxygens (including phenoxy) is 1. The summed E-state index contributed by atoms with van der Waals surface area (Å²) in [5, 5.41) is 7.51. The topological polar surface area (TPSA) is 45.7 Å². The molecule has 0 saturated carbocycles. The molecule has 0 radical (unpaired) electrons. The average Bonchev–Trinajstić information content (AvgIpc) is 2.60. The molecule has 0 spiro atoms. The van der Waals surface area contributed by atoms with Crippen molar-refractivity contribution in [1.29, 1.82) is 0 Å². The van der Waals surface area contributed by atoms with Crippen LogP contribution >= 0.6 is 28.1 Å². The molecular weight excluding hydrogens is 386 g/mol. The van der Waals surface area contributed by atoms with Crippen molar-refractivity contribution in [3.63, 3.8) is 0 Å². The lowest BCUT2D eigenvalue weighted by Gasteiger charge is -2.10. The molecule has 0 heterocycles. The third-order valence-electron chi connectivity index (χ3n) is 2.99. The Balaban J connectivity index is 2.01. The Hall–Kier alpha value is -2.18. The summed E-state index contributed by atoms with van der Waals surface area (Å²) in [5.41, 5.74) is 4.71. The fourth-order valence-electron chi connectivity index (χ4n) is 1.85. The van der Waals surface area contributed by atoms with E-state index in [9.17, 15) is 0 Å². The molecule has 0 aliphatic carbocycles. The predicted octanol–water partition coefficient (Wildman–Crippen LogP) is 4.01. The number of hydrogen-bond acceptors (Lipinski definition) is 3. The highest BCUT2D eigenvalue weighted by atomic mass is 79.9. The quantitative estimate of drug-likeness (QED) is 0.317. The number of benzene rings is 2. The van der Waals surface area contributed by atoms with Crippen LogP contribution in [-0.2, 0) is 6.61 Å². The van der Waals surface area contributed by atoms with Gasteiger partial charge in [-0.1, -0.05) is 52.3 Å². The zero-order valence-electron chi connectivity index (χ0n) is 13.0. The molecule has 0 atom stereocenters. The Morgan fingerprint density at radius 3 is 2.79 bits per heavy atom. The Bertz CT molecular complexity index is 719. The molecule has 2 rings (SSSR count). The number of nitrogens with zero attached hydrogens (tertiary/aromatic N) is 1. The summed E-state index contributed by atoms with van der Waals surface area (Å²) in [5.74, 6) is 0.748. The van der Waals surface area contributed by atoms with Gasteiger partial charge in [0.1, 0.15) is 12.4 Å². The minimum atomic E-state index is 0.438. The van der Waals surface area contributed by atoms with Crippen LogP contribution in [0.2, 0.25) is 0 Å². The fraction of sp³-hybridized carbons (Fsp3) is 0.111. The van der Waals surface area contributed by atoms with Gasteiger partial charge in [0.15, 0.2) is 5.11 Å². The molecule has 2 N–H and O–H groups in total. The van der Waals surface area contributed by atoms with Gasteiger partial charge in [0.05, 0.1) is 6.21 Å². The van der Waals surface area contributed by atoms with Gasteiger partial charge in [-0.3, -0.25) is 5.43 Å². The van der Waals surface area contributed by atoms with Crippen LogP contribution in [0.1, 0.15) is 11.1 Å². The molecule has 0 bridgehead atoms. The van der Waals surface area contributed by atoms with Gasteiger partial charge in [0.25, 0.3) is 0 Å². The van der Waals surface area contributed by atoms with Crippen molar-refractivity contribution in [1.82, 2.24) is 10.7 Å². The highest BCUT2D eigenvalue weighted by Gasteiger charge is 2.03. The molecule has 0 aliphatic rings. The summed E-state index contributed by atoms with van der Waals surface area (Å²) < 4.78 is 6.85. The third-order valence-corrected chi connectivity index (χ3v) is 3.71. The van der Waals surface area contributed by atoms with Crippen molar-refractivity contribution in [2.75, 3.05) is 6.54 Å². The molecule has 0 fully saturated rings. The standard InChI is InChI=1S/C18H18BrN3OS/c1-2-10-20-18(24)22-21-12-15-11-16(19)8-9-17(15)23-13-14-6-4-3-5-7-14/h2-9,11-12H,1,10,13H2,(H2,20,22,24)/b21-12-. The van der Waals surface area contributed by atoms with Gasteiger partial charge < -0.3 is 10.1 Å². The number of rotatable bonds is 7. The molecule has 2 aromatic rings. The van der Waals surface area contributed by atoms with Crippen LogP contribution in [0.15, 0.2) is 70.8 Å². The van der Waals surface area contributed by atoms with Crippen molar-refractivity contribution in [3.8, 4) is 5.75 Å². The number of hydrogen-bond donors (Lipinski definition) is 2. The second kappa shape index (κ2) is 9.85. The summed E-state index contributed by atoms with van der Waals surface area (Å²) >= 11 is 8.54. The largest absolute Gasteiger partial charge is 0.488 e. The first-order valence-electron chi connectivity index (χ1n) is 7.33. The molecule has 0 amide bonds. The Labute approximate surface area is 155 Å². The molecule has 0 aromatic heterocycles. The summed E-state index contributed by atoms with van der Waals surface area (Å²) in [7, 11) is 0. The summed E-state index contributed by atoms with van der Waals surface area (Å²) in [6.45, 7) is 4.70. The smallest absolute Gasteiger partial charge is 0.187 e. The highest BCUT2D eigenvalue weighted by molar-refractivity contribution is 9.10. The minimum absolute atomic E-state index is 0.438. The van der Waals surface area contributed by atoms with E-state index in [2.05, 4.69) is 38.4 Å². The number of nitrogens with one attached hydrogen (secondary N) is 2. The Morgan fingerprint density at radius 2 is 2.04 bits per heavy atom. The maximum Gasteiger partial charge on any atom is 0.187 e. The second-order valence-electron chi connectivity index (χ2n) is 4.83. The van der Waals surface area contributed by atoms with Gasteiger partial charge in [-0.05, 0) is 36.0 Å². The van der Waals surface area contributed by atoms with E-state index < -0.39 is 0 Å². The highest BCUT2D eigenvalue weighted by Crippen LogP contribution is 2.22. The molecule has 124 valence electrons. The maximum absolute atomic E-state index is 5.90. The van der Waals surface area contributed by atoms with Crippen LogP contribution in [0.5, 0.6) is 5.75 Å².